The molecule has 202 valence electrons. The van der Waals surface area contributed by atoms with Crippen LogP contribution in [-0.2, 0) is 9.62 Å². The lowest BCUT2D eigenvalue weighted by atomic mass is 9.81. The molecule has 6 heteroatoms. The van der Waals surface area contributed by atoms with Gasteiger partial charge in [0.15, 0.2) is 17.4 Å². The molecule has 0 aliphatic rings. The monoisotopic (exact) mass is 522 g/mol. The maximum Gasteiger partial charge on any atom is 0.190 e. The van der Waals surface area contributed by atoms with Gasteiger partial charge in [0.1, 0.15) is 0 Å². The highest BCUT2D eigenvalue weighted by atomic mass is 19.1. The largest absolute Gasteiger partial charge is 0.488 e. The van der Waals surface area contributed by atoms with E-state index in [1.54, 1.807) is 14.0 Å². The molecule has 0 aliphatic heterocycles. The first-order valence-electron chi connectivity index (χ1n) is 13.1. The van der Waals surface area contributed by atoms with Gasteiger partial charge in [-0.3, -0.25) is 5.26 Å². The molecular weight excluding hydrogens is 486 g/mol. The standard InChI is InChI=1S/C32H36F2O4/c1-4-25(22-36-3)29(8-6-7-19-38-35)28-17-15-27(16-18-28)26-13-11-23(12-14-26)9-10-24-20-30(33)32(37-5-2)31(34)21-24/h11-18,20-21,25,29,35H,4-8,19,22H2,1-3H3. The van der Waals surface area contributed by atoms with Gasteiger partial charge in [-0.2, -0.15) is 0 Å². The van der Waals surface area contributed by atoms with Crippen molar-refractivity contribution >= 4 is 0 Å². The van der Waals surface area contributed by atoms with Crippen molar-refractivity contribution in [3.05, 3.63) is 89.0 Å². The van der Waals surface area contributed by atoms with E-state index in [-0.39, 0.29) is 17.9 Å². The van der Waals surface area contributed by atoms with Gasteiger partial charge in [0.2, 0.25) is 0 Å². The maximum atomic E-state index is 14.1. The smallest absolute Gasteiger partial charge is 0.190 e. The number of ether oxygens (including phenoxy) is 2. The third-order valence-electron chi connectivity index (χ3n) is 6.67. The fourth-order valence-corrected chi connectivity index (χ4v) is 4.67. The highest BCUT2D eigenvalue weighted by Crippen LogP contribution is 2.34. The first-order valence-corrected chi connectivity index (χ1v) is 13.1. The van der Waals surface area contributed by atoms with Crippen LogP contribution >= 0.6 is 0 Å². The summed E-state index contributed by atoms with van der Waals surface area (Å²) in [4.78, 5) is 4.23. The third kappa shape index (κ3) is 8.13. The summed E-state index contributed by atoms with van der Waals surface area (Å²) < 4.78 is 38.7. The average molecular weight is 523 g/mol. The Morgan fingerprint density at radius 3 is 2.00 bits per heavy atom. The summed E-state index contributed by atoms with van der Waals surface area (Å²) in [5.74, 6) is 4.67. The lowest BCUT2D eigenvalue weighted by Crippen LogP contribution is -2.18. The van der Waals surface area contributed by atoms with Crippen molar-refractivity contribution < 1.29 is 28.4 Å². The van der Waals surface area contributed by atoms with Crippen molar-refractivity contribution in [2.75, 3.05) is 26.9 Å². The zero-order valence-corrected chi connectivity index (χ0v) is 22.3. The summed E-state index contributed by atoms with van der Waals surface area (Å²) in [5.41, 5.74) is 4.43. The van der Waals surface area contributed by atoms with Crippen LogP contribution in [-0.4, -0.2) is 32.2 Å². The number of halogens is 2. The van der Waals surface area contributed by atoms with E-state index in [1.165, 1.54) is 17.7 Å². The Balaban J connectivity index is 1.73. The molecule has 3 aromatic rings. The Hall–Kier alpha value is -3.24. The van der Waals surface area contributed by atoms with E-state index in [0.717, 1.165) is 42.4 Å². The van der Waals surface area contributed by atoms with Crippen LogP contribution in [0.3, 0.4) is 0 Å². The summed E-state index contributed by atoms with van der Waals surface area (Å²) >= 11 is 0. The molecule has 38 heavy (non-hydrogen) atoms. The fourth-order valence-electron chi connectivity index (χ4n) is 4.67. The summed E-state index contributed by atoms with van der Waals surface area (Å²) in [6.07, 6.45) is 3.80. The molecule has 0 spiro atoms. The van der Waals surface area contributed by atoms with Crippen molar-refractivity contribution in [1.29, 1.82) is 0 Å². The van der Waals surface area contributed by atoms with Gasteiger partial charge in [0.05, 0.1) is 13.2 Å². The summed E-state index contributed by atoms with van der Waals surface area (Å²) in [7, 11) is 1.74. The van der Waals surface area contributed by atoms with Crippen LogP contribution < -0.4 is 4.74 Å². The van der Waals surface area contributed by atoms with E-state index in [9.17, 15) is 8.78 Å². The summed E-state index contributed by atoms with van der Waals surface area (Å²) in [6, 6.07) is 18.8. The molecule has 3 aromatic carbocycles. The minimum atomic E-state index is -0.760. The molecule has 0 radical (unpaired) electrons. The minimum absolute atomic E-state index is 0.183. The lowest BCUT2D eigenvalue weighted by Gasteiger charge is -2.26. The quantitative estimate of drug-likeness (QED) is 0.107. The molecule has 0 aliphatic carbocycles. The fraction of sp³-hybridized carbons (Fsp3) is 0.375. The Bertz CT molecular complexity index is 1170. The van der Waals surface area contributed by atoms with E-state index in [1.807, 2.05) is 24.3 Å². The Labute approximate surface area is 224 Å². The van der Waals surface area contributed by atoms with Gasteiger partial charge in [-0.1, -0.05) is 68.0 Å². The van der Waals surface area contributed by atoms with Crippen molar-refractivity contribution in [2.24, 2.45) is 5.92 Å². The van der Waals surface area contributed by atoms with Crippen molar-refractivity contribution in [1.82, 2.24) is 0 Å². The molecule has 0 saturated heterocycles. The SMILES string of the molecule is CCOc1c(F)cc(C#Cc2ccc(-c3ccc(C(CCCCOO)C(CC)COC)cc3)cc2)cc1F. The van der Waals surface area contributed by atoms with Crippen molar-refractivity contribution in [3.8, 4) is 28.7 Å². The van der Waals surface area contributed by atoms with Gasteiger partial charge in [-0.15, -0.1) is 0 Å². The molecule has 0 fully saturated rings. The van der Waals surface area contributed by atoms with Gasteiger partial charge in [0, 0.05) is 24.8 Å². The van der Waals surface area contributed by atoms with Gasteiger partial charge in [-0.25, -0.2) is 13.7 Å². The topological polar surface area (TPSA) is 47.9 Å². The number of hydrogen-bond donors (Lipinski definition) is 1. The third-order valence-corrected chi connectivity index (χ3v) is 6.67. The van der Waals surface area contributed by atoms with Gasteiger partial charge in [0.25, 0.3) is 0 Å². The maximum absolute atomic E-state index is 14.1. The number of rotatable bonds is 13. The summed E-state index contributed by atoms with van der Waals surface area (Å²) in [6.45, 7) is 5.10. The van der Waals surface area contributed by atoms with Crippen LogP contribution in [0.15, 0.2) is 60.7 Å². The van der Waals surface area contributed by atoms with E-state index in [4.69, 9.17) is 14.7 Å². The predicted octanol–water partition coefficient (Wildman–Crippen LogP) is 7.85. The highest BCUT2D eigenvalue weighted by molar-refractivity contribution is 5.65. The highest BCUT2D eigenvalue weighted by Gasteiger charge is 2.21. The molecule has 3 rings (SSSR count). The molecule has 0 heterocycles. The zero-order chi connectivity index (χ0) is 27.3. The Kier molecular flexibility index (Phi) is 11.8. The number of methoxy groups -OCH3 is 1. The van der Waals surface area contributed by atoms with E-state index >= 15 is 0 Å². The molecule has 0 saturated carbocycles. The number of unbranched alkanes of at least 4 members (excludes halogenated alkanes) is 1. The molecule has 0 bridgehead atoms. The number of hydrogen-bond acceptors (Lipinski definition) is 4. The van der Waals surface area contributed by atoms with Crippen LogP contribution in [0.5, 0.6) is 5.75 Å². The van der Waals surface area contributed by atoms with E-state index in [0.29, 0.717) is 25.0 Å². The molecule has 2 unspecified atom stereocenters. The molecule has 4 nitrogen and oxygen atoms in total. The summed E-state index contributed by atoms with van der Waals surface area (Å²) in [5, 5.41) is 8.61. The van der Waals surface area contributed by atoms with E-state index in [2.05, 4.69) is 47.9 Å². The first kappa shape index (κ1) is 29.3. The first-order chi connectivity index (χ1) is 18.5. The molecule has 1 N–H and O–H groups in total. The van der Waals surface area contributed by atoms with Crippen LogP contribution in [0.2, 0.25) is 0 Å². The average Bonchev–Trinajstić information content (AvgIpc) is 2.93. The molecule has 2 atom stereocenters. The lowest BCUT2D eigenvalue weighted by molar-refractivity contribution is -0.242. The second-order valence-electron chi connectivity index (χ2n) is 9.21. The van der Waals surface area contributed by atoms with Crippen LogP contribution in [0.1, 0.15) is 62.1 Å². The Morgan fingerprint density at radius 2 is 1.45 bits per heavy atom. The minimum Gasteiger partial charge on any atom is -0.488 e. The van der Waals surface area contributed by atoms with Gasteiger partial charge < -0.3 is 9.47 Å². The van der Waals surface area contributed by atoms with Crippen molar-refractivity contribution in [2.45, 2.75) is 45.4 Å². The molecular formula is C32H36F2O4. The van der Waals surface area contributed by atoms with Crippen LogP contribution in [0.25, 0.3) is 11.1 Å². The second-order valence-corrected chi connectivity index (χ2v) is 9.21. The second kappa shape index (κ2) is 15.2. The normalized spacial score (nSPS) is 12.5. The van der Waals surface area contributed by atoms with Gasteiger partial charge in [-0.05, 0) is 72.6 Å². The van der Waals surface area contributed by atoms with E-state index < -0.39 is 11.6 Å². The Morgan fingerprint density at radius 1 is 0.842 bits per heavy atom. The zero-order valence-electron chi connectivity index (χ0n) is 22.3. The van der Waals surface area contributed by atoms with Crippen molar-refractivity contribution in [3.63, 3.8) is 0 Å². The predicted molar refractivity (Wildman–Crippen MR) is 146 cm³/mol. The van der Waals surface area contributed by atoms with Crippen LogP contribution in [0.4, 0.5) is 8.78 Å². The van der Waals surface area contributed by atoms with Gasteiger partial charge >= 0.3 is 0 Å². The molecule has 0 aromatic heterocycles. The number of benzene rings is 3. The van der Waals surface area contributed by atoms with Crippen LogP contribution in [0, 0.1) is 29.4 Å². The molecule has 0 amide bonds.